The van der Waals surface area contributed by atoms with Crippen molar-refractivity contribution in [2.24, 2.45) is 17.6 Å². The molecule has 2 nitrogen and oxygen atoms in total. The van der Waals surface area contributed by atoms with Gasteiger partial charge in [-0.05, 0) is 44.1 Å². The summed E-state index contributed by atoms with van der Waals surface area (Å²) in [6.45, 7) is 6.26. The first-order valence-electron chi connectivity index (χ1n) is 7.77. The third-order valence-electron chi connectivity index (χ3n) is 4.78. The quantitative estimate of drug-likeness (QED) is 0.763. The van der Waals surface area contributed by atoms with Crippen LogP contribution in [0.1, 0.15) is 58.3 Å². The Labute approximate surface area is 107 Å². The van der Waals surface area contributed by atoms with Gasteiger partial charge in [-0.3, -0.25) is 0 Å². The summed E-state index contributed by atoms with van der Waals surface area (Å²) in [6.07, 6.45) is 11.0. The molecule has 2 rings (SSSR count). The Kier molecular flexibility index (Phi) is 5.30. The van der Waals surface area contributed by atoms with Gasteiger partial charge in [0.1, 0.15) is 0 Å². The summed E-state index contributed by atoms with van der Waals surface area (Å²) in [5, 5.41) is 0. The van der Waals surface area contributed by atoms with E-state index < -0.39 is 0 Å². The molecule has 0 aromatic rings. The molecule has 2 heteroatoms. The van der Waals surface area contributed by atoms with E-state index in [9.17, 15) is 0 Å². The third kappa shape index (κ3) is 3.96. The van der Waals surface area contributed by atoms with Crippen molar-refractivity contribution in [3.05, 3.63) is 0 Å². The third-order valence-corrected chi connectivity index (χ3v) is 4.78. The van der Waals surface area contributed by atoms with Gasteiger partial charge in [0.2, 0.25) is 0 Å². The van der Waals surface area contributed by atoms with Crippen LogP contribution in [0.2, 0.25) is 0 Å². The number of rotatable bonds is 4. The molecule has 1 heterocycles. The number of hydrogen-bond donors (Lipinski definition) is 1. The molecule has 1 aliphatic carbocycles. The predicted octanol–water partition coefficient (Wildman–Crippen LogP) is 3.02. The fourth-order valence-electron chi connectivity index (χ4n) is 3.69. The fraction of sp³-hybridized carbons (Fsp3) is 1.00. The van der Waals surface area contributed by atoms with E-state index >= 15 is 0 Å². The van der Waals surface area contributed by atoms with Crippen molar-refractivity contribution in [3.63, 3.8) is 0 Å². The normalized spacial score (nSPS) is 36.0. The lowest BCUT2D eigenvalue weighted by molar-refractivity contribution is 0.235. The van der Waals surface area contributed by atoms with Crippen molar-refractivity contribution >= 4 is 0 Å². The Hall–Kier alpha value is -0.0800. The first kappa shape index (κ1) is 13.4. The number of hydrogen-bond acceptors (Lipinski definition) is 2. The first-order chi connectivity index (χ1) is 8.29. The van der Waals surface area contributed by atoms with Crippen molar-refractivity contribution in [3.8, 4) is 0 Å². The summed E-state index contributed by atoms with van der Waals surface area (Å²) >= 11 is 0. The second-order valence-corrected chi connectivity index (χ2v) is 6.26. The molecule has 0 bridgehead atoms. The van der Waals surface area contributed by atoms with Crippen LogP contribution >= 0.6 is 0 Å². The van der Waals surface area contributed by atoms with Gasteiger partial charge in [-0.1, -0.05) is 32.6 Å². The zero-order chi connectivity index (χ0) is 12.1. The van der Waals surface area contributed by atoms with Crippen molar-refractivity contribution in [1.82, 2.24) is 4.90 Å². The van der Waals surface area contributed by atoms with Crippen LogP contribution in [0.3, 0.4) is 0 Å². The molecule has 0 spiro atoms. The van der Waals surface area contributed by atoms with E-state index in [2.05, 4.69) is 11.8 Å². The molecule has 0 radical (unpaired) electrons. The minimum atomic E-state index is 0.475. The lowest BCUT2D eigenvalue weighted by Gasteiger charge is -2.27. The van der Waals surface area contributed by atoms with Crippen molar-refractivity contribution in [2.45, 2.75) is 64.3 Å². The predicted molar refractivity (Wildman–Crippen MR) is 74.0 cm³/mol. The number of nitrogens with two attached hydrogens (primary N) is 1. The van der Waals surface area contributed by atoms with Crippen molar-refractivity contribution in [1.29, 1.82) is 0 Å². The molecule has 0 aromatic heterocycles. The highest BCUT2D eigenvalue weighted by atomic mass is 15.1. The van der Waals surface area contributed by atoms with E-state index in [1.807, 2.05) is 0 Å². The van der Waals surface area contributed by atoms with Gasteiger partial charge < -0.3 is 10.6 Å². The molecule has 2 aliphatic rings. The summed E-state index contributed by atoms with van der Waals surface area (Å²) in [7, 11) is 0. The van der Waals surface area contributed by atoms with Gasteiger partial charge >= 0.3 is 0 Å². The molecule has 3 atom stereocenters. The zero-order valence-electron chi connectivity index (χ0n) is 11.5. The van der Waals surface area contributed by atoms with E-state index in [0.717, 1.165) is 11.8 Å². The molecule has 2 fully saturated rings. The van der Waals surface area contributed by atoms with Crippen molar-refractivity contribution in [2.75, 3.05) is 19.6 Å². The SMILES string of the molecule is CCCC1CCN(CC2CCCCCC2N)C1. The zero-order valence-corrected chi connectivity index (χ0v) is 11.5. The average Bonchev–Trinajstić information content (AvgIpc) is 2.65. The standard InChI is InChI=1S/C15H30N2/c1-2-6-13-9-10-17(11-13)12-14-7-4-3-5-8-15(14)16/h13-15H,2-12,16H2,1H3. The lowest BCUT2D eigenvalue weighted by Crippen LogP contribution is -2.38. The monoisotopic (exact) mass is 238 g/mol. The Morgan fingerprint density at radius 2 is 1.94 bits per heavy atom. The molecule has 17 heavy (non-hydrogen) atoms. The van der Waals surface area contributed by atoms with E-state index in [-0.39, 0.29) is 0 Å². The maximum atomic E-state index is 6.32. The Morgan fingerprint density at radius 3 is 2.76 bits per heavy atom. The number of likely N-dealkylation sites (tertiary alicyclic amines) is 1. The summed E-state index contributed by atoms with van der Waals surface area (Å²) < 4.78 is 0. The first-order valence-corrected chi connectivity index (χ1v) is 7.77. The van der Waals surface area contributed by atoms with Crippen LogP contribution in [-0.4, -0.2) is 30.6 Å². The molecular formula is C15H30N2. The molecular weight excluding hydrogens is 208 g/mol. The number of nitrogens with zero attached hydrogens (tertiary/aromatic N) is 1. The molecule has 0 amide bonds. The molecule has 2 N–H and O–H groups in total. The molecule has 3 unspecified atom stereocenters. The second-order valence-electron chi connectivity index (χ2n) is 6.26. The molecule has 1 aliphatic heterocycles. The van der Waals surface area contributed by atoms with E-state index in [4.69, 9.17) is 5.73 Å². The van der Waals surface area contributed by atoms with Crippen LogP contribution in [0.25, 0.3) is 0 Å². The maximum Gasteiger partial charge on any atom is 0.00793 e. The van der Waals surface area contributed by atoms with Gasteiger partial charge in [0, 0.05) is 19.1 Å². The lowest BCUT2D eigenvalue weighted by atomic mass is 9.95. The highest BCUT2D eigenvalue weighted by molar-refractivity contribution is 4.83. The Bertz CT molecular complexity index is 217. The Morgan fingerprint density at radius 1 is 1.12 bits per heavy atom. The average molecular weight is 238 g/mol. The molecule has 1 saturated carbocycles. The summed E-state index contributed by atoms with van der Waals surface area (Å²) in [5.74, 6) is 1.75. The van der Waals surface area contributed by atoms with Crippen molar-refractivity contribution < 1.29 is 0 Å². The molecule has 100 valence electrons. The van der Waals surface area contributed by atoms with Gasteiger partial charge in [0.15, 0.2) is 0 Å². The van der Waals surface area contributed by atoms with E-state index in [0.29, 0.717) is 6.04 Å². The van der Waals surface area contributed by atoms with Gasteiger partial charge in [-0.2, -0.15) is 0 Å². The largest absolute Gasteiger partial charge is 0.327 e. The molecule has 1 saturated heterocycles. The van der Waals surface area contributed by atoms with Crippen LogP contribution < -0.4 is 5.73 Å². The second kappa shape index (κ2) is 6.75. The van der Waals surface area contributed by atoms with E-state index in [1.165, 1.54) is 71.0 Å². The van der Waals surface area contributed by atoms with Crippen LogP contribution in [0, 0.1) is 11.8 Å². The van der Waals surface area contributed by atoms with Gasteiger partial charge in [0.25, 0.3) is 0 Å². The van der Waals surface area contributed by atoms with Crippen LogP contribution in [0.4, 0.5) is 0 Å². The summed E-state index contributed by atoms with van der Waals surface area (Å²) in [6, 6.07) is 0.475. The van der Waals surface area contributed by atoms with Crippen LogP contribution in [0.15, 0.2) is 0 Å². The van der Waals surface area contributed by atoms with Crippen LogP contribution in [0.5, 0.6) is 0 Å². The Balaban J connectivity index is 1.76. The van der Waals surface area contributed by atoms with Gasteiger partial charge in [0.05, 0.1) is 0 Å². The summed E-state index contributed by atoms with van der Waals surface area (Å²) in [4.78, 5) is 2.69. The molecule has 0 aromatic carbocycles. The van der Waals surface area contributed by atoms with Crippen LogP contribution in [-0.2, 0) is 0 Å². The smallest absolute Gasteiger partial charge is 0.00793 e. The van der Waals surface area contributed by atoms with Gasteiger partial charge in [-0.25, -0.2) is 0 Å². The minimum absolute atomic E-state index is 0.475. The minimum Gasteiger partial charge on any atom is -0.327 e. The highest BCUT2D eigenvalue weighted by Gasteiger charge is 2.27. The van der Waals surface area contributed by atoms with E-state index in [1.54, 1.807) is 0 Å². The maximum absolute atomic E-state index is 6.32. The highest BCUT2D eigenvalue weighted by Crippen LogP contribution is 2.26. The van der Waals surface area contributed by atoms with Gasteiger partial charge in [-0.15, -0.1) is 0 Å². The summed E-state index contributed by atoms with van der Waals surface area (Å²) in [5.41, 5.74) is 6.32. The fourth-order valence-corrected chi connectivity index (χ4v) is 3.69. The topological polar surface area (TPSA) is 29.3 Å².